The van der Waals surface area contributed by atoms with E-state index < -0.39 is 0 Å². The van der Waals surface area contributed by atoms with Gasteiger partial charge in [-0.25, -0.2) is 0 Å². The fraction of sp³-hybridized carbons (Fsp3) is 0.765. The van der Waals surface area contributed by atoms with Crippen molar-refractivity contribution in [2.24, 2.45) is 5.92 Å². The molecular formula is C17H28N2OS. The molecule has 0 amide bonds. The predicted molar refractivity (Wildman–Crippen MR) is 88.8 cm³/mol. The second kappa shape index (κ2) is 6.78. The number of rotatable bonds is 6. The lowest BCUT2D eigenvalue weighted by molar-refractivity contribution is -0.0410. The van der Waals surface area contributed by atoms with Gasteiger partial charge in [0.1, 0.15) is 0 Å². The molecule has 2 atom stereocenters. The van der Waals surface area contributed by atoms with Crippen molar-refractivity contribution in [1.82, 2.24) is 10.2 Å². The standard InChI is InChI=1S/C17H28N2OS/c1-12(2)7-18-8-17-6-14(13(3)21-17)9-19-10-15-4-5-16(11-19)20-15/h6,12,15-16,18H,4-5,7-11H2,1-3H3. The summed E-state index contributed by atoms with van der Waals surface area (Å²) in [6.07, 6.45) is 3.51. The summed E-state index contributed by atoms with van der Waals surface area (Å²) in [7, 11) is 0. The monoisotopic (exact) mass is 308 g/mol. The van der Waals surface area contributed by atoms with Crippen LogP contribution in [0.2, 0.25) is 0 Å². The fourth-order valence-electron chi connectivity index (χ4n) is 3.38. The van der Waals surface area contributed by atoms with Crippen LogP contribution in [0.3, 0.4) is 0 Å². The number of nitrogens with one attached hydrogen (secondary N) is 1. The summed E-state index contributed by atoms with van der Waals surface area (Å²) < 4.78 is 5.93. The lowest BCUT2D eigenvalue weighted by Gasteiger charge is -2.32. The average Bonchev–Trinajstić information content (AvgIpc) is 2.93. The van der Waals surface area contributed by atoms with Gasteiger partial charge in [0, 0.05) is 35.9 Å². The SMILES string of the molecule is Cc1sc(CNCC(C)C)cc1CN1CC2CCC(C1)O2. The molecule has 0 spiro atoms. The Hall–Kier alpha value is -0.420. The minimum absolute atomic E-state index is 0.495. The molecule has 1 aromatic heterocycles. The maximum atomic E-state index is 5.93. The van der Waals surface area contributed by atoms with Crippen molar-refractivity contribution in [2.75, 3.05) is 19.6 Å². The van der Waals surface area contributed by atoms with E-state index in [1.54, 1.807) is 0 Å². The van der Waals surface area contributed by atoms with Crippen molar-refractivity contribution in [3.63, 3.8) is 0 Å². The minimum Gasteiger partial charge on any atom is -0.372 e. The molecule has 3 heterocycles. The molecule has 118 valence electrons. The summed E-state index contributed by atoms with van der Waals surface area (Å²) >= 11 is 1.95. The van der Waals surface area contributed by atoms with Gasteiger partial charge in [0.2, 0.25) is 0 Å². The van der Waals surface area contributed by atoms with Gasteiger partial charge in [-0.2, -0.15) is 0 Å². The zero-order valence-electron chi connectivity index (χ0n) is 13.5. The van der Waals surface area contributed by atoms with Gasteiger partial charge in [0.05, 0.1) is 12.2 Å². The third-order valence-electron chi connectivity index (χ3n) is 4.44. The molecule has 3 nitrogen and oxygen atoms in total. The molecule has 0 aromatic carbocycles. The number of likely N-dealkylation sites (tertiary alicyclic amines) is 1. The van der Waals surface area contributed by atoms with Crippen LogP contribution in [0.1, 0.15) is 42.0 Å². The first kappa shape index (κ1) is 15.5. The second-order valence-electron chi connectivity index (χ2n) is 6.97. The van der Waals surface area contributed by atoms with Crippen molar-refractivity contribution in [3.05, 3.63) is 21.4 Å². The predicted octanol–water partition coefficient (Wildman–Crippen LogP) is 3.17. The van der Waals surface area contributed by atoms with Gasteiger partial charge in [-0.1, -0.05) is 13.8 Å². The molecule has 2 saturated heterocycles. The van der Waals surface area contributed by atoms with E-state index in [-0.39, 0.29) is 0 Å². The highest BCUT2D eigenvalue weighted by molar-refractivity contribution is 7.12. The van der Waals surface area contributed by atoms with Crippen LogP contribution >= 0.6 is 11.3 Å². The molecule has 3 rings (SSSR count). The Labute approximate surface area is 132 Å². The number of hydrogen-bond donors (Lipinski definition) is 1. The van der Waals surface area contributed by atoms with Crippen molar-refractivity contribution >= 4 is 11.3 Å². The minimum atomic E-state index is 0.495. The summed E-state index contributed by atoms with van der Waals surface area (Å²) in [6.45, 7) is 12.2. The molecule has 1 aromatic rings. The van der Waals surface area contributed by atoms with Crippen LogP contribution in [0.4, 0.5) is 0 Å². The number of morpholine rings is 1. The summed E-state index contributed by atoms with van der Waals surface area (Å²) in [5.74, 6) is 0.717. The molecule has 2 aliphatic heterocycles. The van der Waals surface area contributed by atoms with Crippen molar-refractivity contribution in [3.8, 4) is 0 Å². The molecule has 4 heteroatoms. The Kier molecular flexibility index (Phi) is 4.99. The van der Waals surface area contributed by atoms with E-state index in [1.165, 1.54) is 28.2 Å². The van der Waals surface area contributed by atoms with Crippen molar-refractivity contribution < 1.29 is 4.74 Å². The first-order chi connectivity index (χ1) is 10.1. The normalized spacial score (nSPS) is 25.9. The van der Waals surface area contributed by atoms with E-state index in [1.807, 2.05) is 11.3 Å². The van der Waals surface area contributed by atoms with Crippen molar-refractivity contribution in [1.29, 1.82) is 0 Å². The second-order valence-corrected chi connectivity index (χ2v) is 8.31. The van der Waals surface area contributed by atoms with Crippen LogP contribution in [-0.2, 0) is 17.8 Å². The lowest BCUT2D eigenvalue weighted by atomic mass is 10.2. The van der Waals surface area contributed by atoms with Crippen LogP contribution in [0.5, 0.6) is 0 Å². The number of hydrogen-bond acceptors (Lipinski definition) is 4. The van der Waals surface area contributed by atoms with Gasteiger partial charge in [-0.3, -0.25) is 4.90 Å². The average molecular weight is 308 g/mol. The van der Waals surface area contributed by atoms with Crippen LogP contribution in [-0.4, -0.2) is 36.7 Å². The number of fused-ring (bicyclic) bond motifs is 2. The maximum absolute atomic E-state index is 5.93. The van der Waals surface area contributed by atoms with E-state index in [0.29, 0.717) is 18.1 Å². The molecular weight excluding hydrogens is 280 g/mol. The molecule has 0 aliphatic carbocycles. The number of ether oxygens (including phenoxy) is 1. The van der Waals surface area contributed by atoms with Gasteiger partial charge in [0.15, 0.2) is 0 Å². The molecule has 2 bridgehead atoms. The molecule has 0 radical (unpaired) electrons. The summed E-state index contributed by atoms with van der Waals surface area (Å²) in [4.78, 5) is 5.54. The van der Waals surface area contributed by atoms with Crippen LogP contribution in [0.25, 0.3) is 0 Å². The molecule has 0 saturated carbocycles. The molecule has 1 N–H and O–H groups in total. The Balaban J connectivity index is 1.54. The topological polar surface area (TPSA) is 24.5 Å². The fourth-order valence-corrected chi connectivity index (χ4v) is 4.41. The van der Waals surface area contributed by atoms with Gasteiger partial charge in [-0.05, 0) is 43.9 Å². The third kappa shape index (κ3) is 4.07. The van der Waals surface area contributed by atoms with E-state index in [9.17, 15) is 0 Å². The van der Waals surface area contributed by atoms with Crippen molar-refractivity contribution in [2.45, 2.75) is 58.9 Å². The summed E-state index contributed by atoms with van der Waals surface area (Å²) in [6, 6.07) is 2.41. The number of aryl methyl sites for hydroxylation is 1. The van der Waals surface area contributed by atoms with E-state index in [0.717, 1.165) is 32.7 Å². The van der Waals surface area contributed by atoms with Gasteiger partial charge in [-0.15, -0.1) is 11.3 Å². The first-order valence-corrected chi connectivity index (χ1v) is 9.08. The Bertz CT molecular complexity index is 459. The zero-order valence-corrected chi connectivity index (χ0v) is 14.3. The van der Waals surface area contributed by atoms with E-state index in [2.05, 4.69) is 37.1 Å². The molecule has 2 unspecified atom stereocenters. The highest BCUT2D eigenvalue weighted by atomic mass is 32.1. The quantitative estimate of drug-likeness (QED) is 0.873. The summed E-state index contributed by atoms with van der Waals surface area (Å²) in [5.41, 5.74) is 1.52. The number of nitrogens with zero attached hydrogens (tertiary/aromatic N) is 1. The van der Waals surface area contributed by atoms with Crippen LogP contribution in [0.15, 0.2) is 6.07 Å². The highest BCUT2D eigenvalue weighted by Gasteiger charge is 2.33. The zero-order chi connectivity index (χ0) is 14.8. The van der Waals surface area contributed by atoms with Gasteiger partial charge >= 0.3 is 0 Å². The first-order valence-electron chi connectivity index (χ1n) is 8.27. The Morgan fingerprint density at radius 1 is 1.33 bits per heavy atom. The Morgan fingerprint density at radius 2 is 2.05 bits per heavy atom. The number of thiophene rings is 1. The van der Waals surface area contributed by atoms with Gasteiger partial charge in [0.25, 0.3) is 0 Å². The molecule has 2 fully saturated rings. The van der Waals surface area contributed by atoms with Crippen LogP contribution < -0.4 is 5.32 Å². The van der Waals surface area contributed by atoms with Crippen LogP contribution in [0, 0.1) is 12.8 Å². The maximum Gasteiger partial charge on any atom is 0.0707 e. The lowest BCUT2D eigenvalue weighted by Crippen LogP contribution is -2.41. The molecule has 21 heavy (non-hydrogen) atoms. The van der Waals surface area contributed by atoms with E-state index >= 15 is 0 Å². The van der Waals surface area contributed by atoms with E-state index in [4.69, 9.17) is 4.74 Å². The smallest absolute Gasteiger partial charge is 0.0707 e. The molecule has 2 aliphatic rings. The largest absolute Gasteiger partial charge is 0.372 e. The highest BCUT2D eigenvalue weighted by Crippen LogP contribution is 2.29. The Morgan fingerprint density at radius 3 is 2.71 bits per heavy atom. The third-order valence-corrected chi connectivity index (χ3v) is 5.53. The van der Waals surface area contributed by atoms with Gasteiger partial charge < -0.3 is 10.1 Å². The summed E-state index contributed by atoms with van der Waals surface area (Å²) in [5, 5.41) is 3.55.